The van der Waals surface area contributed by atoms with Crippen LogP contribution in [0.25, 0.3) is 0 Å². The minimum Gasteiger partial charge on any atom is -0.307 e. The number of benzene rings is 1. The summed E-state index contributed by atoms with van der Waals surface area (Å²) in [6, 6.07) is 7.40. The Morgan fingerprint density at radius 1 is 1.13 bits per heavy atom. The summed E-state index contributed by atoms with van der Waals surface area (Å²) in [5.41, 5.74) is 2.28. The monoisotopic (exact) mass is 331 g/mol. The molecule has 5 aliphatic carbocycles. The molecule has 0 aliphatic heterocycles. The van der Waals surface area contributed by atoms with E-state index >= 15 is 0 Å². The highest BCUT2D eigenvalue weighted by molar-refractivity contribution is 7.90. The van der Waals surface area contributed by atoms with Crippen LogP contribution in [0.3, 0.4) is 0 Å². The third kappa shape index (κ3) is 2.21. The van der Waals surface area contributed by atoms with Crippen LogP contribution in [0.5, 0.6) is 0 Å². The first-order chi connectivity index (χ1) is 10.9. The van der Waals surface area contributed by atoms with Crippen LogP contribution in [-0.2, 0) is 16.4 Å². The van der Waals surface area contributed by atoms with E-state index in [2.05, 4.69) is 5.32 Å². The summed E-state index contributed by atoms with van der Waals surface area (Å²) in [6.45, 7) is 0.865. The first-order valence-corrected chi connectivity index (χ1v) is 10.8. The molecule has 5 saturated carbocycles. The first-order valence-electron chi connectivity index (χ1n) is 8.92. The van der Waals surface area contributed by atoms with E-state index in [1.807, 2.05) is 12.1 Å². The van der Waals surface area contributed by atoms with Crippen molar-refractivity contribution < 1.29 is 8.42 Å². The van der Waals surface area contributed by atoms with Crippen molar-refractivity contribution in [1.29, 1.82) is 0 Å². The molecule has 5 atom stereocenters. The summed E-state index contributed by atoms with van der Waals surface area (Å²) < 4.78 is 23.1. The molecule has 1 aromatic rings. The molecule has 23 heavy (non-hydrogen) atoms. The standard InChI is InChI=1S/C19H25NO2S/c1-23(21,22)16-4-2-13(3-5-16)11-20-19-8-14-6-15(9-19)17-10-18(17,7-14)12-19/h2-5,14-15,17,20H,6-12H2,1H3. The Hall–Kier alpha value is -0.870. The third-order valence-electron chi connectivity index (χ3n) is 7.20. The van der Waals surface area contributed by atoms with E-state index in [0.29, 0.717) is 10.4 Å². The summed E-state index contributed by atoms with van der Waals surface area (Å²) in [5, 5.41) is 3.90. The normalized spacial score (nSPS) is 43.4. The van der Waals surface area contributed by atoms with Crippen LogP contribution in [0.1, 0.15) is 44.1 Å². The molecule has 4 heteroatoms. The molecule has 0 heterocycles. The summed E-state index contributed by atoms with van der Waals surface area (Å²) in [6.07, 6.45) is 9.87. The fourth-order valence-corrected chi connectivity index (χ4v) is 7.13. The van der Waals surface area contributed by atoms with Gasteiger partial charge in [0.1, 0.15) is 0 Å². The highest BCUT2D eigenvalue weighted by Gasteiger charge is 2.70. The van der Waals surface area contributed by atoms with Crippen molar-refractivity contribution >= 4 is 9.84 Å². The molecule has 1 spiro atoms. The van der Waals surface area contributed by atoms with E-state index < -0.39 is 9.84 Å². The van der Waals surface area contributed by atoms with Gasteiger partial charge in [-0.2, -0.15) is 0 Å². The van der Waals surface area contributed by atoms with Crippen LogP contribution in [0, 0.1) is 23.2 Å². The van der Waals surface area contributed by atoms with Gasteiger partial charge in [-0.3, -0.25) is 0 Å². The Bertz CT molecular complexity index is 756. The van der Waals surface area contributed by atoms with Crippen molar-refractivity contribution in [2.45, 2.75) is 55.5 Å². The lowest BCUT2D eigenvalue weighted by molar-refractivity contribution is -0.0276. The number of hydrogen-bond acceptors (Lipinski definition) is 3. The van der Waals surface area contributed by atoms with Gasteiger partial charge < -0.3 is 5.32 Å². The molecule has 5 unspecified atom stereocenters. The summed E-state index contributed by atoms with van der Waals surface area (Å²) in [4.78, 5) is 0.413. The van der Waals surface area contributed by atoms with Crippen molar-refractivity contribution in [2.24, 2.45) is 23.2 Å². The molecule has 1 aromatic carbocycles. The van der Waals surface area contributed by atoms with E-state index in [4.69, 9.17) is 0 Å². The SMILES string of the molecule is CS(=O)(=O)c1ccc(CNC23CC4CC(C2)C2CC2(C4)C3)cc1. The lowest BCUT2D eigenvalue weighted by Gasteiger charge is -2.57. The van der Waals surface area contributed by atoms with Gasteiger partial charge in [0.25, 0.3) is 0 Å². The van der Waals surface area contributed by atoms with E-state index in [1.165, 1.54) is 50.3 Å². The van der Waals surface area contributed by atoms with Crippen molar-refractivity contribution in [2.75, 3.05) is 6.26 Å². The van der Waals surface area contributed by atoms with Gasteiger partial charge in [-0.15, -0.1) is 0 Å². The molecule has 1 N–H and O–H groups in total. The van der Waals surface area contributed by atoms with Gasteiger partial charge in [-0.1, -0.05) is 12.1 Å². The summed E-state index contributed by atoms with van der Waals surface area (Å²) in [5.74, 6) is 3.00. The van der Waals surface area contributed by atoms with Gasteiger partial charge >= 0.3 is 0 Å². The average molecular weight is 331 g/mol. The predicted octanol–water partition coefficient (Wildman–Crippen LogP) is 3.15. The lowest BCUT2D eigenvalue weighted by Crippen LogP contribution is -2.58. The van der Waals surface area contributed by atoms with Gasteiger partial charge in [0.15, 0.2) is 9.84 Å². The number of rotatable bonds is 4. The van der Waals surface area contributed by atoms with Gasteiger partial charge in [-0.25, -0.2) is 8.42 Å². The Morgan fingerprint density at radius 2 is 1.91 bits per heavy atom. The van der Waals surface area contributed by atoms with E-state index in [9.17, 15) is 8.42 Å². The van der Waals surface area contributed by atoms with Crippen LogP contribution < -0.4 is 5.32 Å². The molecule has 3 nitrogen and oxygen atoms in total. The highest BCUT2D eigenvalue weighted by Crippen LogP contribution is 2.76. The van der Waals surface area contributed by atoms with E-state index in [0.717, 1.165) is 29.7 Å². The van der Waals surface area contributed by atoms with Crippen LogP contribution in [0.4, 0.5) is 0 Å². The highest BCUT2D eigenvalue weighted by atomic mass is 32.2. The minimum atomic E-state index is -3.09. The molecule has 0 saturated heterocycles. The zero-order chi connectivity index (χ0) is 15.9. The number of hydrogen-bond donors (Lipinski definition) is 1. The Kier molecular flexibility index (Phi) is 2.77. The second-order valence-electron chi connectivity index (χ2n) is 8.87. The molecule has 6 rings (SSSR count). The Balaban J connectivity index is 1.31. The molecule has 4 bridgehead atoms. The van der Waals surface area contributed by atoms with Crippen molar-refractivity contribution in [1.82, 2.24) is 5.32 Å². The maximum atomic E-state index is 11.6. The second kappa shape index (κ2) is 4.40. The molecular formula is C19H25NO2S. The second-order valence-corrected chi connectivity index (χ2v) is 10.9. The first kappa shape index (κ1) is 14.5. The number of sulfone groups is 1. The quantitative estimate of drug-likeness (QED) is 0.922. The van der Waals surface area contributed by atoms with Gasteiger partial charge in [0, 0.05) is 18.3 Å². The molecule has 0 radical (unpaired) electrons. The fourth-order valence-electron chi connectivity index (χ4n) is 6.49. The third-order valence-corrected chi connectivity index (χ3v) is 8.32. The van der Waals surface area contributed by atoms with Gasteiger partial charge in [0.2, 0.25) is 0 Å². The van der Waals surface area contributed by atoms with Crippen LogP contribution in [0.2, 0.25) is 0 Å². The van der Waals surface area contributed by atoms with Crippen molar-refractivity contribution in [3.05, 3.63) is 29.8 Å². The molecule has 5 fully saturated rings. The van der Waals surface area contributed by atoms with Crippen LogP contribution >= 0.6 is 0 Å². The van der Waals surface area contributed by atoms with Crippen molar-refractivity contribution in [3.63, 3.8) is 0 Å². The van der Waals surface area contributed by atoms with E-state index in [1.54, 1.807) is 12.1 Å². The number of nitrogens with one attached hydrogen (secondary N) is 1. The topological polar surface area (TPSA) is 46.2 Å². The van der Waals surface area contributed by atoms with E-state index in [-0.39, 0.29) is 0 Å². The summed E-state index contributed by atoms with van der Waals surface area (Å²) >= 11 is 0. The largest absolute Gasteiger partial charge is 0.307 e. The summed E-state index contributed by atoms with van der Waals surface area (Å²) in [7, 11) is -3.09. The maximum Gasteiger partial charge on any atom is 0.175 e. The molecule has 0 amide bonds. The van der Waals surface area contributed by atoms with Crippen LogP contribution in [-0.4, -0.2) is 20.2 Å². The zero-order valence-electron chi connectivity index (χ0n) is 13.7. The van der Waals surface area contributed by atoms with Gasteiger partial charge in [0.05, 0.1) is 4.90 Å². The molecule has 124 valence electrons. The molecular weight excluding hydrogens is 306 g/mol. The van der Waals surface area contributed by atoms with Gasteiger partial charge in [-0.05, 0) is 79.4 Å². The Labute approximate surface area is 138 Å². The molecule has 0 aromatic heterocycles. The smallest absolute Gasteiger partial charge is 0.175 e. The average Bonchev–Trinajstić information content (AvgIpc) is 3.18. The Morgan fingerprint density at radius 3 is 2.61 bits per heavy atom. The van der Waals surface area contributed by atoms with Crippen molar-refractivity contribution in [3.8, 4) is 0 Å². The predicted molar refractivity (Wildman–Crippen MR) is 89.7 cm³/mol. The fraction of sp³-hybridized carbons (Fsp3) is 0.684. The zero-order valence-corrected chi connectivity index (χ0v) is 14.5. The molecule has 5 aliphatic rings. The minimum absolute atomic E-state index is 0.369. The van der Waals surface area contributed by atoms with Crippen LogP contribution in [0.15, 0.2) is 29.2 Å². The lowest BCUT2D eigenvalue weighted by atomic mass is 9.52. The maximum absolute atomic E-state index is 11.6.